The normalized spacial score (nSPS) is 10.8. The van der Waals surface area contributed by atoms with Crippen molar-refractivity contribution in [2.24, 2.45) is 0 Å². The SMILES string of the molecule is FC(F)Oc1ccccc1NC(=S)Nc1nn(Cc2ccccc2Cl)cc1Br. The lowest BCUT2D eigenvalue weighted by Gasteiger charge is -2.13. The van der Waals surface area contributed by atoms with Gasteiger partial charge in [0.1, 0.15) is 5.75 Å². The molecular weight excluding hydrogens is 474 g/mol. The van der Waals surface area contributed by atoms with Crippen molar-refractivity contribution in [2.75, 3.05) is 10.6 Å². The zero-order valence-electron chi connectivity index (χ0n) is 14.2. The van der Waals surface area contributed by atoms with E-state index in [4.69, 9.17) is 23.8 Å². The van der Waals surface area contributed by atoms with E-state index in [1.807, 2.05) is 24.3 Å². The summed E-state index contributed by atoms with van der Waals surface area (Å²) in [6.45, 7) is -2.45. The molecule has 0 amide bonds. The molecule has 2 N–H and O–H groups in total. The molecule has 5 nitrogen and oxygen atoms in total. The molecule has 0 aliphatic heterocycles. The van der Waals surface area contributed by atoms with Crippen LogP contribution in [0.4, 0.5) is 20.3 Å². The molecule has 28 heavy (non-hydrogen) atoms. The van der Waals surface area contributed by atoms with Crippen molar-refractivity contribution in [3.63, 3.8) is 0 Å². The second-order valence-corrected chi connectivity index (χ2v) is 7.24. The van der Waals surface area contributed by atoms with Gasteiger partial charge in [0.05, 0.1) is 16.7 Å². The summed E-state index contributed by atoms with van der Waals surface area (Å²) in [4.78, 5) is 0. The van der Waals surface area contributed by atoms with Gasteiger partial charge in [0, 0.05) is 11.2 Å². The molecule has 146 valence electrons. The Balaban J connectivity index is 1.68. The first-order valence-corrected chi connectivity index (χ1v) is 9.58. The van der Waals surface area contributed by atoms with Crippen LogP contribution in [0.5, 0.6) is 5.75 Å². The minimum absolute atomic E-state index is 0.00929. The molecule has 0 spiro atoms. The van der Waals surface area contributed by atoms with Gasteiger partial charge in [-0.1, -0.05) is 41.9 Å². The highest BCUT2D eigenvalue weighted by Gasteiger charge is 2.13. The van der Waals surface area contributed by atoms with E-state index < -0.39 is 6.61 Å². The Kier molecular flexibility index (Phi) is 6.82. The Labute approximate surface area is 178 Å². The summed E-state index contributed by atoms with van der Waals surface area (Å²) in [7, 11) is 0. The van der Waals surface area contributed by atoms with Crippen molar-refractivity contribution < 1.29 is 13.5 Å². The lowest BCUT2D eigenvalue weighted by molar-refractivity contribution is -0.0493. The van der Waals surface area contributed by atoms with E-state index in [0.717, 1.165) is 5.56 Å². The molecule has 0 atom stereocenters. The largest absolute Gasteiger partial charge is 0.433 e. The van der Waals surface area contributed by atoms with Crippen molar-refractivity contribution in [2.45, 2.75) is 13.2 Å². The zero-order valence-corrected chi connectivity index (χ0v) is 17.4. The number of halogens is 4. The van der Waals surface area contributed by atoms with Gasteiger partial charge in [-0.15, -0.1) is 0 Å². The maximum atomic E-state index is 12.5. The van der Waals surface area contributed by atoms with Crippen molar-refractivity contribution in [3.8, 4) is 5.75 Å². The summed E-state index contributed by atoms with van der Waals surface area (Å²) in [5.74, 6) is 0.460. The van der Waals surface area contributed by atoms with Gasteiger partial charge in [0.25, 0.3) is 0 Å². The molecule has 1 aromatic heterocycles. The third-order valence-electron chi connectivity index (χ3n) is 3.59. The van der Waals surface area contributed by atoms with Crippen molar-refractivity contribution in [1.29, 1.82) is 0 Å². The number of hydrogen-bond acceptors (Lipinski definition) is 3. The molecular formula is C18H14BrClF2N4OS. The number of nitrogens with zero attached hydrogens (tertiary/aromatic N) is 2. The Morgan fingerprint density at radius 2 is 1.89 bits per heavy atom. The van der Waals surface area contributed by atoms with Crippen molar-refractivity contribution in [1.82, 2.24) is 9.78 Å². The van der Waals surface area contributed by atoms with E-state index in [0.29, 0.717) is 27.5 Å². The van der Waals surface area contributed by atoms with E-state index in [1.54, 1.807) is 29.1 Å². The molecule has 0 saturated carbocycles. The number of rotatable bonds is 6. The summed E-state index contributed by atoms with van der Waals surface area (Å²) in [5.41, 5.74) is 1.23. The Morgan fingerprint density at radius 3 is 2.64 bits per heavy atom. The van der Waals surface area contributed by atoms with Gasteiger partial charge >= 0.3 is 6.61 Å². The average Bonchev–Trinajstić information content (AvgIpc) is 2.97. The fraction of sp³-hybridized carbons (Fsp3) is 0.111. The predicted octanol–water partition coefficient (Wildman–Crippen LogP) is 5.76. The Bertz CT molecular complexity index is 986. The second-order valence-electron chi connectivity index (χ2n) is 5.57. The minimum atomic E-state index is -2.93. The van der Waals surface area contributed by atoms with E-state index >= 15 is 0 Å². The maximum Gasteiger partial charge on any atom is 0.387 e. The van der Waals surface area contributed by atoms with Gasteiger partial charge in [-0.05, 0) is 51.9 Å². The number of ether oxygens (including phenoxy) is 1. The molecule has 3 rings (SSSR count). The highest BCUT2D eigenvalue weighted by Crippen LogP contribution is 2.27. The number of para-hydroxylation sites is 2. The number of anilines is 2. The number of thiocarbonyl (C=S) groups is 1. The summed E-state index contributed by atoms with van der Waals surface area (Å²) < 4.78 is 31.9. The number of aromatic nitrogens is 2. The molecule has 10 heteroatoms. The molecule has 3 aromatic rings. The topological polar surface area (TPSA) is 51.1 Å². The van der Waals surface area contributed by atoms with Gasteiger partial charge < -0.3 is 15.4 Å². The standard InChI is InChI=1S/C18H14BrClF2N4OS/c19-12-10-26(9-11-5-1-2-6-13(11)20)25-16(12)24-18(28)23-14-7-3-4-8-15(14)27-17(21)22/h1-8,10,17H,9H2,(H2,23,24,25,28). The third-order valence-corrected chi connectivity index (χ3v) is 4.74. The lowest BCUT2D eigenvalue weighted by Crippen LogP contribution is -2.20. The van der Waals surface area contributed by atoms with Crippen LogP contribution >= 0.6 is 39.7 Å². The molecule has 1 heterocycles. The van der Waals surface area contributed by atoms with Crippen LogP contribution in [0.15, 0.2) is 59.2 Å². The van der Waals surface area contributed by atoms with Crippen LogP contribution < -0.4 is 15.4 Å². The summed E-state index contributed by atoms with van der Waals surface area (Å²) >= 11 is 14.9. The molecule has 0 aliphatic rings. The molecule has 0 saturated heterocycles. The van der Waals surface area contributed by atoms with Crippen LogP contribution in [0.2, 0.25) is 5.02 Å². The zero-order chi connectivity index (χ0) is 20.1. The predicted molar refractivity (Wildman–Crippen MR) is 113 cm³/mol. The molecule has 0 bridgehead atoms. The van der Waals surface area contributed by atoms with Gasteiger partial charge in [-0.25, -0.2) is 0 Å². The molecule has 0 unspecified atom stereocenters. The van der Waals surface area contributed by atoms with Crippen LogP contribution in [-0.4, -0.2) is 21.5 Å². The minimum Gasteiger partial charge on any atom is -0.433 e. The first-order valence-electron chi connectivity index (χ1n) is 8.00. The summed E-state index contributed by atoms with van der Waals surface area (Å²) in [6.07, 6.45) is 1.78. The van der Waals surface area contributed by atoms with Crippen molar-refractivity contribution >= 4 is 56.4 Å². The van der Waals surface area contributed by atoms with Crippen LogP contribution in [0.3, 0.4) is 0 Å². The fourth-order valence-corrected chi connectivity index (χ4v) is 3.21. The lowest BCUT2D eigenvalue weighted by atomic mass is 10.2. The number of hydrogen-bond donors (Lipinski definition) is 2. The van der Waals surface area contributed by atoms with Gasteiger partial charge in [-0.3, -0.25) is 4.68 Å². The van der Waals surface area contributed by atoms with Gasteiger partial charge in [-0.2, -0.15) is 13.9 Å². The highest BCUT2D eigenvalue weighted by molar-refractivity contribution is 9.10. The van der Waals surface area contributed by atoms with Gasteiger partial charge in [0.15, 0.2) is 10.9 Å². The van der Waals surface area contributed by atoms with Crippen LogP contribution in [-0.2, 0) is 6.54 Å². The molecule has 0 radical (unpaired) electrons. The Morgan fingerprint density at radius 1 is 1.18 bits per heavy atom. The van der Waals surface area contributed by atoms with Gasteiger partial charge in [0.2, 0.25) is 0 Å². The van der Waals surface area contributed by atoms with E-state index in [2.05, 4.69) is 36.4 Å². The van der Waals surface area contributed by atoms with E-state index in [9.17, 15) is 8.78 Å². The average molecular weight is 488 g/mol. The third kappa shape index (κ3) is 5.40. The molecule has 2 aromatic carbocycles. The highest BCUT2D eigenvalue weighted by atomic mass is 79.9. The second kappa shape index (κ2) is 9.31. The number of nitrogens with one attached hydrogen (secondary N) is 2. The quantitative estimate of drug-likeness (QED) is 0.433. The smallest absolute Gasteiger partial charge is 0.387 e. The number of alkyl halides is 2. The molecule has 0 aliphatic carbocycles. The summed E-state index contributed by atoms with van der Waals surface area (Å²) in [5, 5.41) is 11.0. The van der Waals surface area contributed by atoms with Crippen LogP contribution in [0.1, 0.15) is 5.56 Å². The fourth-order valence-electron chi connectivity index (χ4n) is 2.39. The van der Waals surface area contributed by atoms with Crippen molar-refractivity contribution in [3.05, 3.63) is 69.8 Å². The van der Waals surface area contributed by atoms with Crippen LogP contribution in [0.25, 0.3) is 0 Å². The first kappa shape index (κ1) is 20.5. The first-order chi connectivity index (χ1) is 13.4. The van der Waals surface area contributed by atoms with E-state index in [1.165, 1.54) is 6.07 Å². The number of benzene rings is 2. The van der Waals surface area contributed by atoms with Crippen LogP contribution in [0, 0.1) is 0 Å². The Hall–Kier alpha value is -2.23. The maximum absolute atomic E-state index is 12.5. The summed E-state index contributed by atoms with van der Waals surface area (Å²) in [6, 6.07) is 13.8. The molecule has 0 fully saturated rings. The monoisotopic (exact) mass is 486 g/mol. The van der Waals surface area contributed by atoms with E-state index in [-0.39, 0.29) is 10.9 Å².